The third kappa shape index (κ3) is 8.47. The van der Waals surface area contributed by atoms with Gasteiger partial charge in [-0.3, -0.25) is 4.79 Å². The second-order valence-electron chi connectivity index (χ2n) is 9.47. The minimum atomic E-state index is -0.827. The Morgan fingerprint density at radius 2 is 1.88 bits per heavy atom. The lowest BCUT2D eigenvalue weighted by atomic mass is 9.72. The van der Waals surface area contributed by atoms with Crippen LogP contribution in [0.2, 0.25) is 0 Å². The van der Waals surface area contributed by atoms with Crippen LogP contribution in [0.25, 0.3) is 0 Å². The first-order valence-corrected chi connectivity index (χ1v) is 11.6. The van der Waals surface area contributed by atoms with Crippen LogP contribution >= 0.6 is 0 Å². The van der Waals surface area contributed by atoms with Crippen LogP contribution in [-0.4, -0.2) is 23.7 Å². The molecule has 0 aromatic heterocycles. The number of hydrogen-bond donors (Lipinski definition) is 2. The van der Waals surface area contributed by atoms with Gasteiger partial charge in [0, 0.05) is 6.54 Å². The van der Waals surface area contributed by atoms with E-state index in [1.165, 1.54) is 36.0 Å². The third-order valence-electron chi connectivity index (χ3n) is 6.14. The van der Waals surface area contributed by atoms with E-state index < -0.39 is 12.0 Å². The molecule has 0 aliphatic heterocycles. The molecule has 0 amide bonds. The van der Waals surface area contributed by atoms with E-state index in [2.05, 4.69) is 63.4 Å². The Morgan fingerprint density at radius 1 is 1.16 bits per heavy atom. The smallest absolute Gasteiger partial charge is 0.321 e. The van der Waals surface area contributed by atoms with Crippen LogP contribution in [0, 0.1) is 5.41 Å². The Hall–Kier alpha value is -2.65. The molecule has 2 rings (SSSR count). The minimum Gasteiger partial charge on any atom is -0.480 e. The molecule has 172 valence electrons. The number of hydrogen-bond acceptors (Lipinski definition) is 2. The van der Waals surface area contributed by atoms with Gasteiger partial charge in [-0.2, -0.15) is 0 Å². The normalized spacial score (nSPS) is 18.5. The van der Waals surface area contributed by atoms with Gasteiger partial charge in [0.25, 0.3) is 0 Å². The zero-order valence-corrected chi connectivity index (χ0v) is 20.3. The van der Waals surface area contributed by atoms with Crippen LogP contribution in [0.4, 0.5) is 0 Å². The Labute approximate surface area is 194 Å². The van der Waals surface area contributed by atoms with Gasteiger partial charge in [0.1, 0.15) is 6.04 Å². The molecule has 1 aromatic carbocycles. The summed E-state index contributed by atoms with van der Waals surface area (Å²) in [6, 6.07) is 9.12. The number of carboxylic acid groups (broad SMARTS) is 1. The lowest BCUT2D eigenvalue weighted by Crippen LogP contribution is -2.38. The minimum absolute atomic E-state index is 0.260. The zero-order valence-electron chi connectivity index (χ0n) is 20.3. The maximum atomic E-state index is 11.5. The molecule has 0 saturated carbocycles. The first-order chi connectivity index (χ1) is 15.2. The molecular weight excluding hydrogens is 394 g/mol. The van der Waals surface area contributed by atoms with Crippen molar-refractivity contribution >= 4 is 5.97 Å². The standard InChI is InChI=1S/C29H39NO2/c1-22(16-17-26-24(3)13-10-19-29(26,4)5)11-9-12-23(2)18-20-30-27(28(31)32)21-25-14-7-6-8-15-25/h6-9,11-12,14-18,27,30H,10,13,19-21H2,1-5H3,(H,31,32)/b12-9+,17-16+,22-11+,23-18+. The third-order valence-corrected chi connectivity index (χ3v) is 6.14. The van der Waals surface area contributed by atoms with Crippen molar-refractivity contribution < 1.29 is 9.90 Å². The lowest BCUT2D eigenvalue weighted by Gasteiger charge is -2.32. The van der Waals surface area contributed by atoms with Crippen LogP contribution in [0.1, 0.15) is 59.4 Å². The van der Waals surface area contributed by atoms with Gasteiger partial charge in [0.05, 0.1) is 0 Å². The average Bonchev–Trinajstić information content (AvgIpc) is 2.73. The van der Waals surface area contributed by atoms with E-state index in [0.717, 1.165) is 11.1 Å². The van der Waals surface area contributed by atoms with Gasteiger partial charge < -0.3 is 10.4 Å². The molecule has 1 aliphatic rings. The summed E-state index contributed by atoms with van der Waals surface area (Å²) < 4.78 is 0. The summed E-state index contributed by atoms with van der Waals surface area (Å²) >= 11 is 0. The molecule has 3 nitrogen and oxygen atoms in total. The topological polar surface area (TPSA) is 49.3 Å². The highest BCUT2D eigenvalue weighted by Crippen LogP contribution is 2.40. The molecule has 0 bridgehead atoms. The number of nitrogens with one attached hydrogen (secondary N) is 1. The number of benzene rings is 1. The summed E-state index contributed by atoms with van der Waals surface area (Å²) in [5.41, 5.74) is 6.58. The summed E-state index contributed by atoms with van der Waals surface area (Å²) in [4.78, 5) is 11.5. The fourth-order valence-electron chi connectivity index (χ4n) is 4.16. The molecular formula is C29H39NO2. The molecule has 1 unspecified atom stereocenters. The summed E-state index contributed by atoms with van der Waals surface area (Å²) in [5.74, 6) is -0.827. The van der Waals surface area contributed by atoms with Crippen molar-refractivity contribution in [3.8, 4) is 0 Å². The molecule has 0 fully saturated rings. The van der Waals surface area contributed by atoms with E-state index in [1.807, 2.05) is 43.3 Å². The molecule has 0 heterocycles. The second-order valence-corrected chi connectivity index (χ2v) is 9.47. The van der Waals surface area contributed by atoms with Gasteiger partial charge >= 0.3 is 5.97 Å². The molecule has 1 aromatic rings. The molecule has 0 radical (unpaired) electrons. The van der Waals surface area contributed by atoms with Gasteiger partial charge in [-0.15, -0.1) is 0 Å². The van der Waals surface area contributed by atoms with Crippen LogP contribution in [0.5, 0.6) is 0 Å². The molecule has 1 atom stereocenters. The maximum absolute atomic E-state index is 11.5. The van der Waals surface area contributed by atoms with Crippen LogP contribution in [0.15, 0.2) is 89.1 Å². The van der Waals surface area contributed by atoms with Crippen LogP contribution in [0.3, 0.4) is 0 Å². The fourth-order valence-corrected chi connectivity index (χ4v) is 4.16. The van der Waals surface area contributed by atoms with E-state index in [0.29, 0.717) is 13.0 Å². The number of rotatable bonds is 10. The van der Waals surface area contributed by atoms with Crippen molar-refractivity contribution in [3.05, 3.63) is 94.6 Å². The fraction of sp³-hybridized carbons (Fsp3) is 0.414. The quantitative estimate of drug-likeness (QED) is 0.399. The zero-order chi connectivity index (χ0) is 23.6. The van der Waals surface area contributed by atoms with Gasteiger partial charge in [-0.1, -0.05) is 97.4 Å². The second kappa shape index (κ2) is 12.4. The predicted octanol–water partition coefficient (Wildman–Crippen LogP) is 6.80. The maximum Gasteiger partial charge on any atom is 0.321 e. The van der Waals surface area contributed by atoms with Crippen molar-refractivity contribution in [2.45, 2.75) is 66.3 Å². The highest BCUT2D eigenvalue weighted by Gasteiger charge is 2.26. The van der Waals surface area contributed by atoms with Crippen molar-refractivity contribution in [1.29, 1.82) is 0 Å². The highest BCUT2D eigenvalue weighted by atomic mass is 16.4. The van der Waals surface area contributed by atoms with Crippen LogP contribution < -0.4 is 5.32 Å². The number of carbonyl (C=O) groups is 1. The summed E-state index contributed by atoms with van der Waals surface area (Å²) in [6.07, 6.45) is 17.0. The molecule has 2 N–H and O–H groups in total. The van der Waals surface area contributed by atoms with Gasteiger partial charge in [0.2, 0.25) is 0 Å². The monoisotopic (exact) mass is 433 g/mol. The average molecular weight is 434 g/mol. The van der Waals surface area contributed by atoms with Crippen LogP contribution in [-0.2, 0) is 11.2 Å². The first-order valence-electron chi connectivity index (χ1n) is 11.6. The van der Waals surface area contributed by atoms with Crippen molar-refractivity contribution in [1.82, 2.24) is 5.32 Å². The van der Waals surface area contributed by atoms with Crippen molar-refractivity contribution in [2.24, 2.45) is 5.41 Å². The van der Waals surface area contributed by atoms with E-state index >= 15 is 0 Å². The van der Waals surface area contributed by atoms with Crippen molar-refractivity contribution in [3.63, 3.8) is 0 Å². The Bertz CT molecular complexity index is 914. The van der Waals surface area contributed by atoms with Crippen molar-refractivity contribution in [2.75, 3.05) is 6.54 Å². The summed E-state index contributed by atoms with van der Waals surface area (Å²) in [5, 5.41) is 12.6. The predicted molar refractivity (Wildman–Crippen MR) is 136 cm³/mol. The molecule has 3 heteroatoms. The summed E-state index contributed by atoms with van der Waals surface area (Å²) in [7, 11) is 0. The Kier molecular flexibility index (Phi) is 9.93. The lowest BCUT2D eigenvalue weighted by molar-refractivity contribution is -0.139. The van der Waals surface area contributed by atoms with E-state index in [-0.39, 0.29) is 5.41 Å². The van der Waals surface area contributed by atoms with Gasteiger partial charge in [0.15, 0.2) is 0 Å². The highest BCUT2D eigenvalue weighted by molar-refractivity contribution is 5.73. The largest absolute Gasteiger partial charge is 0.480 e. The molecule has 0 spiro atoms. The molecule has 32 heavy (non-hydrogen) atoms. The van der Waals surface area contributed by atoms with Gasteiger partial charge in [-0.25, -0.2) is 0 Å². The SMILES string of the molecule is CC1=C(/C=C/C(C)=C/C=C/C(C)=C/CNC(Cc2ccccc2)C(=O)O)C(C)(C)CCC1. The van der Waals surface area contributed by atoms with E-state index in [1.54, 1.807) is 0 Å². The number of aliphatic carboxylic acids is 1. The summed E-state index contributed by atoms with van der Waals surface area (Å²) in [6.45, 7) is 11.6. The number of allylic oxidation sites excluding steroid dienone is 9. The Morgan fingerprint density at radius 3 is 2.53 bits per heavy atom. The molecule has 0 saturated heterocycles. The van der Waals surface area contributed by atoms with Gasteiger partial charge in [-0.05, 0) is 63.0 Å². The first kappa shape index (κ1) is 25.6. The number of carboxylic acids is 1. The van der Waals surface area contributed by atoms with E-state index in [4.69, 9.17) is 0 Å². The molecule has 1 aliphatic carbocycles. The van der Waals surface area contributed by atoms with E-state index in [9.17, 15) is 9.90 Å². The Balaban J connectivity index is 1.89.